The van der Waals surface area contributed by atoms with Gasteiger partial charge in [-0.3, -0.25) is 19.5 Å². The predicted molar refractivity (Wildman–Crippen MR) is 80.6 cm³/mol. The third-order valence-corrected chi connectivity index (χ3v) is 4.34. The molecule has 1 saturated heterocycles. The molecule has 0 radical (unpaired) electrons. The van der Waals surface area contributed by atoms with Crippen LogP contribution in [-0.2, 0) is 9.59 Å². The first-order valence-electron chi connectivity index (χ1n) is 7.50. The average molecular weight is 302 g/mol. The summed E-state index contributed by atoms with van der Waals surface area (Å²) in [5.74, 6) is -1.05. The number of benzene rings is 1. The molecule has 0 saturated carbocycles. The number of rotatable bonds is 3. The first-order valence-corrected chi connectivity index (χ1v) is 7.50. The zero-order valence-corrected chi connectivity index (χ0v) is 12.6. The number of aromatic nitrogens is 1. The van der Waals surface area contributed by atoms with Crippen molar-refractivity contribution in [2.45, 2.75) is 45.1 Å². The van der Waals surface area contributed by atoms with Gasteiger partial charge in [-0.1, -0.05) is 26.0 Å². The van der Waals surface area contributed by atoms with Crippen molar-refractivity contribution in [1.82, 2.24) is 9.88 Å². The van der Waals surface area contributed by atoms with E-state index in [1.165, 1.54) is 4.57 Å². The number of hydrogen-bond acceptors (Lipinski definition) is 4. The largest absolute Gasteiger partial charge is 0.420 e. The molecule has 6 heteroatoms. The van der Waals surface area contributed by atoms with Gasteiger partial charge in [-0.15, -0.1) is 0 Å². The van der Waals surface area contributed by atoms with Gasteiger partial charge < -0.3 is 4.42 Å². The van der Waals surface area contributed by atoms with E-state index in [1.54, 1.807) is 6.07 Å². The van der Waals surface area contributed by atoms with Crippen LogP contribution in [0.1, 0.15) is 50.6 Å². The van der Waals surface area contributed by atoms with Gasteiger partial charge in [0, 0.05) is 6.42 Å². The van der Waals surface area contributed by atoms with E-state index in [0.717, 1.165) is 12.0 Å². The molecule has 0 bridgehead atoms. The maximum Gasteiger partial charge on any atom is 0.420 e. The minimum absolute atomic E-state index is 0.223. The second-order valence-corrected chi connectivity index (χ2v) is 5.71. The number of nitrogens with zero attached hydrogens (tertiary/aromatic N) is 1. The Morgan fingerprint density at radius 3 is 2.82 bits per heavy atom. The summed E-state index contributed by atoms with van der Waals surface area (Å²) in [4.78, 5) is 35.6. The lowest BCUT2D eigenvalue weighted by molar-refractivity contribution is -0.135. The molecule has 6 nitrogen and oxygen atoms in total. The van der Waals surface area contributed by atoms with Crippen molar-refractivity contribution in [2.24, 2.45) is 0 Å². The molecule has 2 aromatic rings. The number of para-hydroxylation sites is 1. The summed E-state index contributed by atoms with van der Waals surface area (Å²) < 4.78 is 6.79. The molecule has 116 valence electrons. The Morgan fingerprint density at radius 1 is 1.36 bits per heavy atom. The zero-order valence-electron chi connectivity index (χ0n) is 12.6. The summed E-state index contributed by atoms with van der Waals surface area (Å²) >= 11 is 0. The predicted octanol–water partition coefficient (Wildman–Crippen LogP) is 2.09. The number of imide groups is 1. The molecule has 0 spiro atoms. The molecular formula is C16H18N2O4. The van der Waals surface area contributed by atoms with Gasteiger partial charge in [0.1, 0.15) is 6.04 Å². The molecule has 1 N–H and O–H groups in total. The zero-order chi connectivity index (χ0) is 15.9. The van der Waals surface area contributed by atoms with Crippen LogP contribution in [0.25, 0.3) is 11.1 Å². The van der Waals surface area contributed by atoms with E-state index in [-0.39, 0.29) is 18.2 Å². The molecule has 1 aromatic carbocycles. The molecule has 1 fully saturated rings. The molecule has 3 rings (SSSR count). The minimum Gasteiger partial charge on any atom is -0.407 e. The van der Waals surface area contributed by atoms with Crippen LogP contribution in [0.3, 0.4) is 0 Å². The van der Waals surface area contributed by atoms with Gasteiger partial charge in [0.2, 0.25) is 11.8 Å². The van der Waals surface area contributed by atoms with Crippen molar-refractivity contribution in [2.75, 3.05) is 0 Å². The van der Waals surface area contributed by atoms with E-state index >= 15 is 0 Å². The summed E-state index contributed by atoms with van der Waals surface area (Å²) in [5, 5.41) is 2.28. The molecule has 1 aliphatic heterocycles. The van der Waals surface area contributed by atoms with E-state index in [2.05, 4.69) is 19.2 Å². The van der Waals surface area contributed by atoms with Gasteiger partial charge in [-0.2, -0.15) is 0 Å². The molecule has 0 aliphatic carbocycles. The summed E-state index contributed by atoms with van der Waals surface area (Å²) in [7, 11) is 0. The molecule has 1 aliphatic rings. The summed E-state index contributed by atoms with van der Waals surface area (Å²) in [5.41, 5.74) is 2.10. The SMILES string of the molecule is CCC(C)c1cccc2c1oc(=O)n2C1CCC(=O)NC1=O. The Kier molecular flexibility index (Phi) is 3.60. The maximum atomic E-state index is 12.3. The highest BCUT2D eigenvalue weighted by Gasteiger charge is 2.31. The lowest BCUT2D eigenvalue weighted by Gasteiger charge is -2.21. The number of carbonyl (C=O) groups excluding carboxylic acids is 2. The number of hydrogen-bond donors (Lipinski definition) is 1. The second-order valence-electron chi connectivity index (χ2n) is 5.71. The Bertz CT molecular complexity index is 802. The van der Waals surface area contributed by atoms with Crippen LogP contribution in [0.5, 0.6) is 0 Å². The van der Waals surface area contributed by atoms with Crippen molar-refractivity contribution in [1.29, 1.82) is 0 Å². The van der Waals surface area contributed by atoms with E-state index in [9.17, 15) is 14.4 Å². The van der Waals surface area contributed by atoms with Crippen molar-refractivity contribution in [3.05, 3.63) is 34.3 Å². The van der Waals surface area contributed by atoms with Gasteiger partial charge in [-0.25, -0.2) is 4.79 Å². The Labute approximate surface area is 127 Å². The van der Waals surface area contributed by atoms with E-state index in [0.29, 0.717) is 17.5 Å². The van der Waals surface area contributed by atoms with E-state index in [1.807, 2.05) is 12.1 Å². The summed E-state index contributed by atoms with van der Waals surface area (Å²) in [6.07, 6.45) is 1.46. The smallest absolute Gasteiger partial charge is 0.407 e. The van der Waals surface area contributed by atoms with Crippen LogP contribution in [0, 0.1) is 0 Å². The number of piperidine rings is 1. The Hall–Kier alpha value is -2.37. The van der Waals surface area contributed by atoms with Gasteiger partial charge in [0.05, 0.1) is 5.52 Å². The van der Waals surface area contributed by atoms with Crippen LogP contribution in [0.15, 0.2) is 27.4 Å². The van der Waals surface area contributed by atoms with Gasteiger partial charge in [-0.05, 0) is 30.4 Å². The monoisotopic (exact) mass is 302 g/mol. The Morgan fingerprint density at radius 2 is 2.14 bits per heavy atom. The van der Waals surface area contributed by atoms with Crippen LogP contribution < -0.4 is 11.1 Å². The van der Waals surface area contributed by atoms with Crippen LogP contribution in [-0.4, -0.2) is 16.4 Å². The van der Waals surface area contributed by atoms with E-state index in [4.69, 9.17) is 4.42 Å². The van der Waals surface area contributed by atoms with Gasteiger partial charge >= 0.3 is 5.76 Å². The molecule has 22 heavy (non-hydrogen) atoms. The number of nitrogens with one attached hydrogen (secondary N) is 1. The number of oxazole rings is 1. The molecule has 2 amide bonds. The van der Waals surface area contributed by atoms with Crippen molar-refractivity contribution < 1.29 is 14.0 Å². The quantitative estimate of drug-likeness (QED) is 0.880. The fourth-order valence-corrected chi connectivity index (χ4v) is 2.91. The standard InChI is InChI=1S/C16H18N2O4/c1-3-9(2)10-5-4-6-11-14(10)22-16(21)18(11)12-7-8-13(19)17-15(12)20/h4-6,9,12H,3,7-8H2,1-2H3,(H,17,19,20). The number of carbonyl (C=O) groups is 2. The lowest BCUT2D eigenvalue weighted by Crippen LogP contribution is -2.43. The molecular weight excluding hydrogens is 284 g/mol. The topological polar surface area (TPSA) is 81.3 Å². The highest BCUT2D eigenvalue weighted by atomic mass is 16.4. The third kappa shape index (κ3) is 2.24. The van der Waals surface area contributed by atoms with E-state index < -0.39 is 17.7 Å². The molecule has 2 unspecified atom stereocenters. The summed E-state index contributed by atoms with van der Waals surface area (Å²) in [6, 6.07) is 4.88. The normalized spacial score (nSPS) is 20.2. The highest BCUT2D eigenvalue weighted by Crippen LogP contribution is 2.29. The highest BCUT2D eigenvalue weighted by molar-refractivity contribution is 6.00. The second kappa shape index (κ2) is 5.44. The first kappa shape index (κ1) is 14.6. The fourth-order valence-electron chi connectivity index (χ4n) is 2.91. The van der Waals surface area contributed by atoms with Crippen molar-refractivity contribution in [3.8, 4) is 0 Å². The number of fused-ring (bicyclic) bond motifs is 1. The van der Waals surface area contributed by atoms with Crippen molar-refractivity contribution in [3.63, 3.8) is 0 Å². The van der Waals surface area contributed by atoms with Gasteiger partial charge in [0.15, 0.2) is 5.58 Å². The number of amides is 2. The fraction of sp³-hybridized carbons (Fsp3) is 0.438. The minimum atomic E-state index is -0.696. The molecule has 2 atom stereocenters. The summed E-state index contributed by atoms with van der Waals surface area (Å²) in [6.45, 7) is 4.14. The lowest BCUT2D eigenvalue weighted by atomic mass is 9.97. The van der Waals surface area contributed by atoms with Gasteiger partial charge in [0.25, 0.3) is 0 Å². The molecule has 1 aromatic heterocycles. The van der Waals surface area contributed by atoms with Crippen LogP contribution >= 0.6 is 0 Å². The maximum absolute atomic E-state index is 12.3. The van der Waals surface area contributed by atoms with Crippen LogP contribution in [0.4, 0.5) is 0 Å². The van der Waals surface area contributed by atoms with Crippen molar-refractivity contribution >= 4 is 22.9 Å². The Balaban J connectivity index is 2.15. The van der Waals surface area contributed by atoms with Crippen LogP contribution in [0.2, 0.25) is 0 Å². The molecule has 2 heterocycles. The first-order chi connectivity index (χ1) is 10.5. The average Bonchev–Trinajstić information content (AvgIpc) is 2.82. The third-order valence-electron chi connectivity index (χ3n) is 4.34.